The summed E-state index contributed by atoms with van der Waals surface area (Å²) in [6.07, 6.45) is 1.06. The Morgan fingerprint density at radius 2 is 1.81 bits per heavy atom. The Hall–Kier alpha value is -2.74. The summed E-state index contributed by atoms with van der Waals surface area (Å²) in [5, 5.41) is 2.76. The van der Waals surface area contributed by atoms with Crippen LogP contribution >= 0.6 is 0 Å². The molecule has 0 heterocycles. The van der Waals surface area contributed by atoms with E-state index in [0.29, 0.717) is 41.5 Å². The van der Waals surface area contributed by atoms with Gasteiger partial charge in [-0.15, -0.1) is 0 Å². The Kier molecular flexibility index (Phi) is 6.46. The van der Waals surface area contributed by atoms with Crippen LogP contribution < -0.4 is 19.5 Å². The summed E-state index contributed by atoms with van der Waals surface area (Å²) in [4.78, 5) is 12.3. The molecule has 7 nitrogen and oxygen atoms in total. The number of ether oxygens (including phenoxy) is 2. The van der Waals surface area contributed by atoms with Gasteiger partial charge >= 0.3 is 0 Å². The molecule has 0 radical (unpaired) electrons. The first-order valence-electron chi connectivity index (χ1n) is 7.92. The van der Waals surface area contributed by atoms with E-state index in [9.17, 15) is 13.2 Å². The lowest BCUT2D eigenvalue weighted by Crippen LogP contribution is -2.29. The predicted molar refractivity (Wildman–Crippen MR) is 100 cm³/mol. The highest BCUT2D eigenvalue weighted by Gasteiger charge is 2.13. The highest BCUT2D eigenvalue weighted by Crippen LogP contribution is 2.20. The first-order valence-corrected chi connectivity index (χ1v) is 9.82. The van der Waals surface area contributed by atoms with Crippen LogP contribution in [-0.4, -0.2) is 40.8 Å². The molecule has 0 unspecified atom stereocenters. The Labute approximate surface area is 153 Å². The van der Waals surface area contributed by atoms with Gasteiger partial charge in [0.15, 0.2) is 0 Å². The number of sulfonamides is 1. The SMILES string of the molecule is COc1cccc(OCCNC(=O)c2cccc(NS(C)(=O)=O)c2C)c1. The van der Waals surface area contributed by atoms with Crippen LogP contribution in [0, 0.1) is 6.92 Å². The highest BCUT2D eigenvalue weighted by atomic mass is 32.2. The van der Waals surface area contributed by atoms with Crippen LogP contribution in [0.5, 0.6) is 11.5 Å². The van der Waals surface area contributed by atoms with Gasteiger partial charge in [-0.05, 0) is 36.8 Å². The fraction of sp³-hybridized carbons (Fsp3) is 0.278. The molecule has 0 aromatic heterocycles. The fourth-order valence-electron chi connectivity index (χ4n) is 2.31. The van der Waals surface area contributed by atoms with Crippen LogP contribution in [0.3, 0.4) is 0 Å². The van der Waals surface area contributed by atoms with Crippen LogP contribution in [-0.2, 0) is 10.0 Å². The second-order valence-corrected chi connectivity index (χ2v) is 7.38. The molecule has 26 heavy (non-hydrogen) atoms. The number of benzene rings is 2. The topological polar surface area (TPSA) is 93.7 Å². The van der Waals surface area contributed by atoms with Crippen molar-refractivity contribution in [3.8, 4) is 11.5 Å². The fourth-order valence-corrected chi connectivity index (χ4v) is 2.93. The maximum absolute atomic E-state index is 12.3. The molecule has 0 fully saturated rings. The number of hydrogen-bond acceptors (Lipinski definition) is 5. The minimum Gasteiger partial charge on any atom is -0.497 e. The Morgan fingerprint density at radius 3 is 2.50 bits per heavy atom. The van der Waals surface area contributed by atoms with Crippen molar-refractivity contribution in [3.63, 3.8) is 0 Å². The largest absolute Gasteiger partial charge is 0.497 e. The minimum atomic E-state index is -3.41. The second kappa shape index (κ2) is 8.57. The summed E-state index contributed by atoms with van der Waals surface area (Å²) in [5.74, 6) is 1.04. The summed E-state index contributed by atoms with van der Waals surface area (Å²) < 4.78 is 35.9. The van der Waals surface area contributed by atoms with Crippen molar-refractivity contribution in [3.05, 3.63) is 53.6 Å². The first-order chi connectivity index (χ1) is 12.3. The van der Waals surface area contributed by atoms with Gasteiger partial charge in [-0.3, -0.25) is 9.52 Å². The summed E-state index contributed by atoms with van der Waals surface area (Å²) in [6, 6.07) is 12.1. The van der Waals surface area contributed by atoms with Crippen molar-refractivity contribution in [2.75, 3.05) is 31.2 Å². The molecule has 0 spiro atoms. The van der Waals surface area contributed by atoms with Gasteiger partial charge in [0, 0.05) is 11.6 Å². The van der Waals surface area contributed by atoms with Gasteiger partial charge in [-0.25, -0.2) is 8.42 Å². The van der Waals surface area contributed by atoms with Gasteiger partial charge in [0.2, 0.25) is 10.0 Å². The normalized spacial score (nSPS) is 10.9. The predicted octanol–water partition coefficient (Wildman–Crippen LogP) is 2.18. The molecule has 2 N–H and O–H groups in total. The van der Waals surface area contributed by atoms with E-state index >= 15 is 0 Å². The summed E-state index contributed by atoms with van der Waals surface area (Å²) in [5.41, 5.74) is 1.34. The van der Waals surface area contributed by atoms with E-state index in [1.807, 2.05) is 12.1 Å². The van der Waals surface area contributed by atoms with E-state index in [0.717, 1.165) is 6.26 Å². The molecular weight excluding hydrogens is 356 g/mol. The van der Waals surface area contributed by atoms with E-state index in [2.05, 4.69) is 10.0 Å². The zero-order chi connectivity index (χ0) is 19.2. The third-order valence-electron chi connectivity index (χ3n) is 3.57. The van der Waals surface area contributed by atoms with Gasteiger partial charge in [-0.2, -0.15) is 0 Å². The molecule has 0 atom stereocenters. The zero-order valence-electron chi connectivity index (χ0n) is 14.9. The van der Waals surface area contributed by atoms with Crippen molar-refractivity contribution in [1.82, 2.24) is 5.32 Å². The molecular formula is C18H22N2O5S. The monoisotopic (exact) mass is 378 g/mol. The molecule has 140 valence electrons. The Bertz CT molecular complexity index is 881. The van der Waals surface area contributed by atoms with Gasteiger partial charge in [0.25, 0.3) is 5.91 Å². The van der Waals surface area contributed by atoms with Crippen LogP contribution in [0.25, 0.3) is 0 Å². The summed E-state index contributed by atoms with van der Waals surface area (Å²) in [6.45, 7) is 2.29. The van der Waals surface area contributed by atoms with Crippen LogP contribution in [0.2, 0.25) is 0 Å². The molecule has 0 bridgehead atoms. The van der Waals surface area contributed by atoms with Crippen molar-refractivity contribution in [2.45, 2.75) is 6.92 Å². The maximum Gasteiger partial charge on any atom is 0.251 e. The highest BCUT2D eigenvalue weighted by molar-refractivity contribution is 7.92. The Balaban J connectivity index is 1.92. The number of carbonyl (C=O) groups excluding carboxylic acids is 1. The molecule has 0 aliphatic heterocycles. The molecule has 2 rings (SSSR count). The third-order valence-corrected chi connectivity index (χ3v) is 4.16. The molecule has 2 aromatic rings. The van der Waals surface area contributed by atoms with Crippen molar-refractivity contribution in [1.29, 1.82) is 0 Å². The third kappa shape index (κ3) is 5.66. The van der Waals surface area contributed by atoms with Gasteiger partial charge in [-0.1, -0.05) is 12.1 Å². The van der Waals surface area contributed by atoms with Gasteiger partial charge in [0.05, 0.1) is 25.6 Å². The van der Waals surface area contributed by atoms with Crippen molar-refractivity contribution < 1.29 is 22.7 Å². The number of methoxy groups -OCH3 is 1. The lowest BCUT2D eigenvalue weighted by Gasteiger charge is -2.13. The van der Waals surface area contributed by atoms with Crippen molar-refractivity contribution in [2.24, 2.45) is 0 Å². The van der Waals surface area contributed by atoms with Crippen LogP contribution in [0.1, 0.15) is 15.9 Å². The number of amides is 1. The van der Waals surface area contributed by atoms with E-state index < -0.39 is 10.0 Å². The lowest BCUT2D eigenvalue weighted by molar-refractivity contribution is 0.0946. The number of rotatable bonds is 8. The number of carbonyl (C=O) groups is 1. The van der Waals surface area contributed by atoms with E-state index in [1.165, 1.54) is 0 Å². The van der Waals surface area contributed by atoms with Crippen molar-refractivity contribution >= 4 is 21.6 Å². The van der Waals surface area contributed by atoms with Crippen LogP contribution in [0.4, 0.5) is 5.69 Å². The molecule has 1 amide bonds. The molecule has 0 saturated carbocycles. The standard InChI is InChI=1S/C18H22N2O5S/c1-13-16(8-5-9-17(13)20-26(3,22)23)18(21)19-10-11-25-15-7-4-6-14(12-15)24-2/h4-9,12,20H,10-11H2,1-3H3,(H,19,21). The van der Waals surface area contributed by atoms with Gasteiger partial charge in [0.1, 0.15) is 18.1 Å². The second-order valence-electron chi connectivity index (χ2n) is 5.64. The average molecular weight is 378 g/mol. The lowest BCUT2D eigenvalue weighted by atomic mass is 10.1. The molecule has 8 heteroatoms. The maximum atomic E-state index is 12.3. The average Bonchev–Trinajstić information content (AvgIpc) is 2.59. The molecule has 0 aliphatic carbocycles. The number of anilines is 1. The number of nitrogens with one attached hydrogen (secondary N) is 2. The van der Waals surface area contributed by atoms with E-state index in [-0.39, 0.29) is 5.91 Å². The zero-order valence-corrected chi connectivity index (χ0v) is 15.7. The molecule has 0 aliphatic rings. The van der Waals surface area contributed by atoms with E-state index in [4.69, 9.17) is 9.47 Å². The Morgan fingerprint density at radius 1 is 1.12 bits per heavy atom. The quantitative estimate of drug-likeness (QED) is 0.687. The summed E-state index contributed by atoms with van der Waals surface area (Å²) >= 11 is 0. The summed E-state index contributed by atoms with van der Waals surface area (Å²) in [7, 11) is -1.83. The number of hydrogen-bond donors (Lipinski definition) is 2. The van der Waals surface area contributed by atoms with E-state index in [1.54, 1.807) is 44.4 Å². The molecule has 2 aromatic carbocycles. The first kappa shape index (κ1) is 19.6. The smallest absolute Gasteiger partial charge is 0.251 e. The molecule has 0 saturated heterocycles. The van der Waals surface area contributed by atoms with Gasteiger partial charge < -0.3 is 14.8 Å². The minimum absolute atomic E-state index is 0.291. The van der Waals surface area contributed by atoms with Crippen LogP contribution in [0.15, 0.2) is 42.5 Å².